The Morgan fingerprint density at radius 1 is 0.227 bits per heavy atom. The van der Waals surface area contributed by atoms with E-state index in [9.17, 15) is 5.53 Å². The SMILES string of the molecule is CCCCCCCCCCCCCCCCCCCCCCCCCCCCC=CC1=C(c2cc(CC)c(CCCCCC)c(CC)c2)[N+](=[N-])C(c2cc(CC)c(CCCCCC)c(CC)c2)=C1CC.CCCCCCCCCCCCCCCCCCCCCCC[CH2][Ni][CH2]CCCCCCCCCCCCCCCCCCCCCCC. The van der Waals surface area contributed by atoms with Crippen LogP contribution >= 0.6 is 0 Å². The summed E-state index contributed by atoms with van der Waals surface area (Å²) in [6.07, 6.45) is 126. The van der Waals surface area contributed by atoms with E-state index in [0.29, 0.717) is 0 Å². The molecule has 0 fully saturated rings. The van der Waals surface area contributed by atoms with Crippen LogP contribution in [0, 0.1) is 0 Å². The number of unbranched alkanes of at least 4 members (excludes halogenated alkanes) is 74. The van der Waals surface area contributed by atoms with Gasteiger partial charge in [-0.05, 0) is 128 Å². The van der Waals surface area contributed by atoms with Crippen LogP contribution in [0.15, 0.2) is 47.6 Å². The van der Waals surface area contributed by atoms with E-state index in [1.165, 1.54) is 556 Å². The number of rotatable bonds is 91. The summed E-state index contributed by atoms with van der Waals surface area (Å²) in [6.45, 7) is 23.1. The fourth-order valence-corrected chi connectivity index (χ4v) is 20.6. The van der Waals surface area contributed by atoms with Gasteiger partial charge < -0.3 is 5.53 Å². The van der Waals surface area contributed by atoms with Crippen molar-refractivity contribution in [1.82, 2.24) is 0 Å². The number of aryl methyl sites for hydroxylation is 4. The summed E-state index contributed by atoms with van der Waals surface area (Å²) >= 11 is 2.05. The summed E-state index contributed by atoms with van der Waals surface area (Å²) in [4.78, 5) is 0. The summed E-state index contributed by atoms with van der Waals surface area (Å²) in [5.74, 6) is 0. The van der Waals surface area contributed by atoms with E-state index < -0.39 is 0 Å². The van der Waals surface area contributed by atoms with Gasteiger partial charge in [0.15, 0.2) is 0 Å². The van der Waals surface area contributed by atoms with E-state index in [1.54, 1.807) is 15.8 Å². The topological polar surface area (TPSA) is 25.3 Å². The zero-order chi connectivity index (χ0) is 85.7. The van der Waals surface area contributed by atoms with Crippen LogP contribution in [0.5, 0.6) is 0 Å². The number of allylic oxidation sites excluding steroid dienone is 4. The van der Waals surface area contributed by atoms with Gasteiger partial charge in [0.05, 0.1) is 5.57 Å². The Kier molecular flexibility index (Phi) is 83.3. The minimum atomic E-state index is 0.883. The van der Waals surface area contributed by atoms with Gasteiger partial charge >= 0.3 is 166 Å². The third kappa shape index (κ3) is 61.7. The fourth-order valence-electron chi connectivity index (χ4n) is 19.4. The van der Waals surface area contributed by atoms with Crippen LogP contribution in [0.3, 0.4) is 0 Å². The maximum atomic E-state index is 12.6. The molecule has 2 aromatic carbocycles. The van der Waals surface area contributed by atoms with Crippen LogP contribution in [-0.2, 0) is 53.0 Å². The van der Waals surface area contributed by atoms with E-state index >= 15 is 0 Å². The van der Waals surface area contributed by atoms with Crippen LogP contribution < -0.4 is 0 Å². The Morgan fingerprint density at radius 2 is 0.420 bits per heavy atom. The molecule has 119 heavy (non-hydrogen) atoms. The third-order valence-electron chi connectivity index (χ3n) is 27.3. The van der Waals surface area contributed by atoms with Gasteiger partial charge in [-0.25, -0.2) is 4.70 Å². The molecule has 1 aliphatic rings. The molecule has 2 aromatic rings. The molecular formula is C116H212N2Ni. The molecule has 0 spiro atoms. The van der Waals surface area contributed by atoms with Crippen molar-refractivity contribution in [2.45, 2.75) is 632 Å². The molecule has 0 bridgehead atoms. The molecule has 0 saturated heterocycles. The molecule has 1 aliphatic heterocycles. The van der Waals surface area contributed by atoms with E-state index in [0.717, 1.165) is 62.8 Å². The molecule has 0 amide bonds. The van der Waals surface area contributed by atoms with Gasteiger partial charge in [-0.1, -0.05) is 422 Å². The van der Waals surface area contributed by atoms with E-state index in [1.807, 2.05) is 0 Å². The molecule has 0 aromatic heterocycles. The normalized spacial score (nSPS) is 12.5. The molecule has 0 saturated carbocycles. The van der Waals surface area contributed by atoms with Crippen molar-refractivity contribution in [3.05, 3.63) is 97.6 Å². The second-order valence-electron chi connectivity index (χ2n) is 38.2. The van der Waals surface area contributed by atoms with Gasteiger partial charge in [0.25, 0.3) is 0 Å². The molecule has 3 heteroatoms. The van der Waals surface area contributed by atoms with Crippen molar-refractivity contribution in [2.24, 2.45) is 0 Å². The zero-order valence-electron chi connectivity index (χ0n) is 82.9. The van der Waals surface area contributed by atoms with Gasteiger partial charge in [0.1, 0.15) is 0 Å². The summed E-state index contributed by atoms with van der Waals surface area (Å²) in [6, 6.07) is 9.74. The minimum Gasteiger partial charge on any atom is -0.0654 e. The first-order valence-corrected chi connectivity index (χ1v) is 56.6. The van der Waals surface area contributed by atoms with Crippen LogP contribution in [0.25, 0.3) is 16.9 Å². The first kappa shape index (κ1) is 113. The van der Waals surface area contributed by atoms with Crippen LogP contribution in [0.2, 0.25) is 10.8 Å². The predicted octanol–water partition coefficient (Wildman–Crippen LogP) is 42.0. The molecule has 0 atom stereocenters. The van der Waals surface area contributed by atoms with E-state index in [-0.39, 0.29) is 0 Å². The Morgan fingerprint density at radius 3 is 0.630 bits per heavy atom. The molecule has 0 radical (unpaired) electrons. The number of benzene rings is 2. The minimum absolute atomic E-state index is 0.883. The number of hydrogen-bond acceptors (Lipinski definition) is 0. The third-order valence-corrected chi connectivity index (χ3v) is 28.7. The Balaban J connectivity index is 0.000000862. The quantitative estimate of drug-likeness (QED) is 0.0358. The van der Waals surface area contributed by atoms with Crippen LogP contribution in [0.1, 0.15) is 627 Å². The molecule has 3 rings (SSSR count). The van der Waals surface area contributed by atoms with E-state index in [2.05, 4.69) is 120 Å². The predicted molar refractivity (Wildman–Crippen MR) is 537 cm³/mol. The molecule has 696 valence electrons. The first-order chi connectivity index (χ1) is 58.8. The van der Waals surface area contributed by atoms with Crippen molar-refractivity contribution in [1.29, 1.82) is 0 Å². The van der Waals surface area contributed by atoms with Gasteiger partial charge in [-0.2, -0.15) is 0 Å². The second kappa shape index (κ2) is 87.8. The summed E-state index contributed by atoms with van der Waals surface area (Å²) in [7, 11) is 0. The number of nitrogens with zero attached hydrogens (tertiary/aromatic N) is 2. The Bertz CT molecular complexity index is 2520. The molecular weight excluding hydrogens is 1480 g/mol. The van der Waals surface area contributed by atoms with Gasteiger partial charge in [0.2, 0.25) is 11.4 Å². The summed E-state index contributed by atoms with van der Waals surface area (Å²) in [5.41, 5.74) is 28.4. The summed E-state index contributed by atoms with van der Waals surface area (Å²) in [5, 5.41) is 2.87. The summed E-state index contributed by atoms with van der Waals surface area (Å²) < 4.78 is 1.62. The average Bonchev–Trinajstić information content (AvgIpc) is 1.60. The average molecular weight is 1690 g/mol. The first-order valence-electron chi connectivity index (χ1n) is 55.2. The van der Waals surface area contributed by atoms with Crippen LogP contribution in [0.4, 0.5) is 0 Å². The standard InChI is InChI=1S/C68H114N2.2C24H49.Ni/c1-9-17-20-23-24-25-26-27-28-29-30-31-32-33-34-35-36-37-38-39-40-41-42-43-44-45-46-49-52-66-63(16-8)67(61-53-57(12-4)64(58(13-5)54-61)50-47-21-18-10-2)70(69)68(66)62-55-59(14-6)65(60(15-7)56-62)51-48-22-19-11-3;2*1-3-5-7-9-11-13-15-17-19-21-23-24-22-20-18-16-14-12-10-8-6-4-2;/h49,52-56H,9-48,50-51H2,1-8H3;2*1,3-24H2,2H3;. The fraction of sp³-hybridized carbons (Fsp3) is 0.845. The van der Waals surface area contributed by atoms with Gasteiger partial charge in [-0.3, -0.25) is 0 Å². The zero-order valence-corrected chi connectivity index (χ0v) is 83.9. The van der Waals surface area contributed by atoms with Crippen molar-refractivity contribution >= 4 is 11.4 Å². The monoisotopic (exact) mass is 1690 g/mol. The number of hydrogen-bond donors (Lipinski definition) is 0. The maximum absolute atomic E-state index is 12.6. The molecule has 0 unspecified atom stereocenters. The smallest absolute Gasteiger partial charge is 0.0654 e. The van der Waals surface area contributed by atoms with Crippen molar-refractivity contribution < 1.29 is 19.1 Å². The van der Waals surface area contributed by atoms with Crippen molar-refractivity contribution in [3.8, 4) is 0 Å². The molecule has 0 N–H and O–H groups in total. The molecule has 1 heterocycles. The Labute approximate surface area is 755 Å². The van der Waals surface area contributed by atoms with Crippen LogP contribution in [-0.4, -0.2) is 4.70 Å². The van der Waals surface area contributed by atoms with Gasteiger partial charge in [-0.15, -0.1) is 0 Å². The van der Waals surface area contributed by atoms with Crippen molar-refractivity contribution in [2.75, 3.05) is 0 Å². The van der Waals surface area contributed by atoms with Gasteiger partial charge in [0, 0.05) is 16.7 Å². The van der Waals surface area contributed by atoms with Crippen molar-refractivity contribution in [3.63, 3.8) is 0 Å². The molecule has 2 nitrogen and oxygen atoms in total. The second-order valence-corrected chi connectivity index (χ2v) is 39.7. The van der Waals surface area contributed by atoms with E-state index in [4.69, 9.17) is 0 Å². The molecule has 0 aliphatic carbocycles. The Hall–Kier alpha value is -2.25.